The average molecular weight is 293 g/mol. The lowest BCUT2D eigenvalue weighted by atomic mass is 10.1. The van der Waals surface area contributed by atoms with Gasteiger partial charge in [-0.2, -0.15) is 0 Å². The third-order valence-electron chi connectivity index (χ3n) is 2.69. The van der Waals surface area contributed by atoms with Gasteiger partial charge in [-0.15, -0.1) is 0 Å². The van der Waals surface area contributed by atoms with E-state index in [2.05, 4.69) is 18.8 Å². The van der Waals surface area contributed by atoms with Crippen LogP contribution >= 0.6 is 10.0 Å². The van der Waals surface area contributed by atoms with Crippen molar-refractivity contribution >= 4 is 15.8 Å². The summed E-state index contributed by atoms with van der Waals surface area (Å²) in [6, 6.07) is 0. The van der Waals surface area contributed by atoms with E-state index in [1.807, 2.05) is 0 Å². The van der Waals surface area contributed by atoms with E-state index in [1.54, 1.807) is 0 Å². The normalized spacial score (nSPS) is 12.6. The van der Waals surface area contributed by atoms with Gasteiger partial charge in [0.15, 0.2) is 0 Å². The molecule has 19 heavy (non-hydrogen) atoms. The molecule has 0 spiro atoms. The Morgan fingerprint density at radius 1 is 1.00 bits per heavy atom. The second kappa shape index (κ2) is 11.7. The molecule has 0 aromatic heterocycles. The van der Waals surface area contributed by atoms with Gasteiger partial charge in [0, 0.05) is 18.6 Å². The zero-order valence-corrected chi connectivity index (χ0v) is 13.6. The fourth-order valence-corrected chi connectivity index (χ4v) is 2.06. The molecule has 0 fully saturated rings. The molecule has 116 valence electrons. The molecule has 0 amide bonds. The summed E-state index contributed by atoms with van der Waals surface area (Å²) in [6.07, 6.45) is 10.9. The zero-order valence-electron chi connectivity index (χ0n) is 12.8. The minimum atomic E-state index is -0.489. The van der Waals surface area contributed by atoms with Crippen LogP contribution in [-0.2, 0) is 14.3 Å². The molecule has 0 aliphatic rings. The lowest BCUT2D eigenvalue weighted by Crippen LogP contribution is -2.11. The molecule has 2 N–H and O–H groups in total. The molecule has 0 atom stereocenters. The van der Waals surface area contributed by atoms with E-state index in [0.717, 1.165) is 31.6 Å². The predicted octanol–water partition coefficient (Wildman–Crippen LogP) is 2.15. The maximum Gasteiger partial charge on any atom is 0.146 e. The van der Waals surface area contributed by atoms with Crippen LogP contribution in [-0.4, -0.2) is 56.9 Å². The molecule has 0 heterocycles. The third kappa shape index (κ3) is 15.8. The maximum absolute atomic E-state index is 11.5. The summed E-state index contributed by atoms with van der Waals surface area (Å²) >= 11 is 0. The molecule has 0 saturated heterocycles. The van der Waals surface area contributed by atoms with Crippen molar-refractivity contribution in [3.05, 3.63) is 0 Å². The molecule has 0 saturated carbocycles. The number of nitrogens with two attached hydrogens (primary N) is 1. The van der Waals surface area contributed by atoms with Crippen molar-refractivity contribution in [3.8, 4) is 0 Å². The first-order valence-electron chi connectivity index (χ1n) is 6.99. The molecular weight excluding hydrogens is 262 g/mol. The predicted molar refractivity (Wildman–Crippen MR) is 84.1 cm³/mol. The van der Waals surface area contributed by atoms with E-state index in [1.165, 1.54) is 0 Å². The standard InChI is InChI=1S/C14H31NO3S/c1-19(2,3)12-11-18-13-17-10-8-14(16)7-5-4-6-9-15/h4-13,15H2,1-3H3. The molecule has 0 unspecified atom stereocenters. The second-order valence-electron chi connectivity index (χ2n) is 5.62. The minimum Gasteiger partial charge on any atom is -0.355 e. The van der Waals surface area contributed by atoms with Crippen molar-refractivity contribution < 1.29 is 14.3 Å². The van der Waals surface area contributed by atoms with Crippen LogP contribution in [0.1, 0.15) is 32.1 Å². The van der Waals surface area contributed by atoms with Crippen molar-refractivity contribution in [1.29, 1.82) is 0 Å². The van der Waals surface area contributed by atoms with Crippen molar-refractivity contribution in [2.24, 2.45) is 5.73 Å². The Kier molecular flexibility index (Phi) is 11.6. The number of carbonyl (C=O) groups excluding carboxylic acids is 1. The molecule has 0 aliphatic heterocycles. The van der Waals surface area contributed by atoms with E-state index in [-0.39, 0.29) is 5.78 Å². The highest BCUT2D eigenvalue weighted by Gasteiger charge is 2.04. The fraction of sp³-hybridized carbons (Fsp3) is 0.929. The first-order chi connectivity index (χ1) is 8.95. The van der Waals surface area contributed by atoms with Gasteiger partial charge in [-0.1, -0.05) is 6.42 Å². The van der Waals surface area contributed by atoms with Gasteiger partial charge in [0.2, 0.25) is 0 Å². The Bertz CT molecular complexity index is 229. The summed E-state index contributed by atoms with van der Waals surface area (Å²) in [5, 5.41) is 0. The summed E-state index contributed by atoms with van der Waals surface area (Å²) in [7, 11) is -0.489. The van der Waals surface area contributed by atoms with Gasteiger partial charge in [-0.3, -0.25) is 4.79 Å². The Labute approximate surface area is 119 Å². The highest BCUT2D eigenvalue weighted by atomic mass is 32.3. The van der Waals surface area contributed by atoms with Crippen molar-refractivity contribution in [1.82, 2.24) is 0 Å². The van der Waals surface area contributed by atoms with Crippen LogP contribution in [0.5, 0.6) is 0 Å². The smallest absolute Gasteiger partial charge is 0.146 e. The molecule has 0 aliphatic carbocycles. The van der Waals surface area contributed by atoms with Crippen LogP contribution in [0.2, 0.25) is 0 Å². The summed E-state index contributed by atoms with van der Waals surface area (Å²) in [5.74, 6) is 1.37. The first-order valence-corrected chi connectivity index (χ1v) is 10.0. The highest BCUT2D eigenvalue weighted by Crippen LogP contribution is 2.33. The van der Waals surface area contributed by atoms with Gasteiger partial charge < -0.3 is 15.2 Å². The lowest BCUT2D eigenvalue weighted by molar-refractivity contribution is -0.121. The molecule has 5 heteroatoms. The number of unbranched alkanes of at least 4 members (excludes halogenated alkanes) is 2. The minimum absolute atomic E-state index is 0.274. The first kappa shape index (κ1) is 18.9. The van der Waals surface area contributed by atoms with Gasteiger partial charge in [-0.05, 0) is 38.2 Å². The van der Waals surface area contributed by atoms with Crippen molar-refractivity contribution in [2.75, 3.05) is 51.1 Å². The van der Waals surface area contributed by atoms with Crippen molar-refractivity contribution in [3.63, 3.8) is 0 Å². The molecule has 4 nitrogen and oxygen atoms in total. The molecule has 0 bridgehead atoms. The zero-order chi connectivity index (χ0) is 14.6. The van der Waals surface area contributed by atoms with Crippen LogP contribution in [0.3, 0.4) is 0 Å². The SMILES string of the molecule is CS(C)(C)CCOCOCCC(=O)CCCCCN. The summed E-state index contributed by atoms with van der Waals surface area (Å²) < 4.78 is 10.7. The topological polar surface area (TPSA) is 61.5 Å². The van der Waals surface area contributed by atoms with E-state index in [0.29, 0.717) is 32.8 Å². The van der Waals surface area contributed by atoms with E-state index in [4.69, 9.17) is 15.2 Å². The van der Waals surface area contributed by atoms with Crippen LogP contribution in [0.4, 0.5) is 0 Å². The fourth-order valence-electron chi connectivity index (χ4n) is 1.44. The average Bonchev–Trinajstić information content (AvgIpc) is 2.32. The van der Waals surface area contributed by atoms with Crippen LogP contribution in [0.25, 0.3) is 0 Å². The van der Waals surface area contributed by atoms with E-state index >= 15 is 0 Å². The summed E-state index contributed by atoms with van der Waals surface area (Å²) in [6.45, 7) is 2.23. The van der Waals surface area contributed by atoms with Gasteiger partial charge in [0.05, 0.1) is 13.2 Å². The van der Waals surface area contributed by atoms with Gasteiger partial charge in [0.25, 0.3) is 0 Å². The van der Waals surface area contributed by atoms with E-state index in [9.17, 15) is 4.79 Å². The molecular formula is C14H31NO3S. The number of rotatable bonds is 13. The second-order valence-corrected chi connectivity index (χ2v) is 10.2. The Morgan fingerprint density at radius 3 is 2.32 bits per heavy atom. The monoisotopic (exact) mass is 293 g/mol. The number of carbonyl (C=O) groups is 1. The lowest BCUT2D eigenvalue weighted by Gasteiger charge is -2.24. The maximum atomic E-state index is 11.5. The van der Waals surface area contributed by atoms with Gasteiger partial charge in [-0.25, -0.2) is 10.0 Å². The third-order valence-corrected chi connectivity index (χ3v) is 4.08. The quantitative estimate of drug-likeness (QED) is 0.417. The largest absolute Gasteiger partial charge is 0.355 e. The number of ketones is 1. The number of ether oxygens (including phenoxy) is 2. The van der Waals surface area contributed by atoms with Crippen LogP contribution < -0.4 is 5.73 Å². The molecule has 0 aromatic carbocycles. The molecule has 0 aromatic rings. The number of Topliss-reactive ketones (excluding diaryl/α,β-unsaturated/α-hetero) is 1. The summed E-state index contributed by atoms with van der Waals surface area (Å²) in [5.41, 5.74) is 5.39. The van der Waals surface area contributed by atoms with Gasteiger partial charge >= 0.3 is 0 Å². The van der Waals surface area contributed by atoms with Gasteiger partial charge in [0.1, 0.15) is 12.6 Å². The molecule has 0 rings (SSSR count). The van der Waals surface area contributed by atoms with E-state index < -0.39 is 10.0 Å². The number of hydrogen-bond donors (Lipinski definition) is 1. The Morgan fingerprint density at radius 2 is 1.68 bits per heavy atom. The van der Waals surface area contributed by atoms with Crippen LogP contribution in [0.15, 0.2) is 0 Å². The Balaban J connectivity index is 3.23. The highest BCUT2D eigenvalue weighted by molar-refractivity contribution is 8.32. The number of hydrogen-bond acceptors (Lipinski definition) is 4. The molecule has 0 radical (unpaired) electrons. The Hall–Kier alpha value is -0.100. The summed E-state index contributed by atoms with van der Waals surface area (Å²) in [4.78, 5) is 11.5. The van der Waals surface area contributed by atoms with Crippen molar-refractivity contribution in [2.45, 2.75) is 32.1 Å². The van der Waals surface area contributed by atoms with Crippen LogP contribution in [0, 0.1) is 0 Å².